The first-order valence-corrected chi connectivity index (χ1v) is 14.2. The molecule has 1 amide bonds. The van der Waals surface area contributed by atoms with Crippen molar-refractivity contribution < 1.29 is 13.9 Å². The summed E-state index contributed by atoms with van der Waals surface area (Å²) in [6.45, 7) is 7.65. The summed E-state index contributed by atoms with van der Waals surface area (Å²) in [4.78, 5) is 30.5. The molecule has 1 atom stereocenters. The lowest BCUT2D eigenvalue weighted by Gasteiger charge is -2.42. The summed E-state index contributed by atoms with van der Waals surface area (Å²) in [6, 6.07) is 12.7. The fraction of sp³-hybridized carbons (Fsp3) is 0.290. The van der Waals surface area contributed by atoms with Crippen LogP contribution in [0.5, 0.6) is 11.5 Å². The van der Waals surface area contributed by atoms with Gasteiger partial charge in [0.05, 0.1) is 11.6 Å². The van der Waals surface area contributed by atoms with Gasteiger partial charge in [0.1, 0.15) is 40.2 Å². The number of carbonyl (C=O) groups is 1. The van der Waals surface area contributed by atoms with Crippen molar-refractivity contribution in [3.63, 3.8) is 0 Å². The standard InChI is InChI=1S/C31H30FN9O2/c1-4-28(42)41-12-11-40(16-25(41)19-5-6-19)27-10-8-23-29(36-27)31(34-17-33-23)35-20-7-9-26(18(2)13-20)43-21-14-22(32)30-24(15-21)37-38-39(30)3/h4,7-10,13-15,17,19,25H,1,5-6,11-12,16H2,2-3H3,(H,33,34,35)/t25-/m1/s1. The molecule has 0 bridgehead atoms. The number of nitrogens with zero attached hydrogens (tertiary/aromatic N) is 8. The molecule has 3 aromatic heterocycles. The van der Waals surface area contributed by atoms with Crippen LogP contribution in [0.3, 0.4) is 0 Å². The molecule has 1 aliphatic carbocycles. The second-order valence-corrected chi connectivity index (χ2v) is 11.0. The molecule has 12 heteroatoms. The van der Waals surface area contributed by atoms with Crippen LogP contribution in [0.2, 0.25) is 0 Å². The predicted molar refractivity (Wildman–Crippen MR) is 161 cm³/mol. The minimum Gasteiger partial charge on any atom is -0.457 e. The number of fused-ring (bicyclic) bond motifs is 2. The molecular weight excluding hydrogens is 549 g/mol. The summed E-state index contributed by atoms with van der Waals surface area (Å²) >= 11 is 0. The summed E-state index contributed by atoms with van der Waals surface area (Å²) < 4.78 is 22.0. The summed E-state index contributed by atoms with van der Waals surface area (Å²) in [6.07, 6.45) is 5.21. The first-order valence-electron chi connectivity index (χ1n) is 14.2. The Hall–Kier alpha value is -5.13. The minimum atomic E-state index is -0.450. The zero-order valence-corrected chi connectivity index (χ0v) is 23.9. The number of benzene rings is 2. The third kappa shape index (κ3) is 5.09. The Morgan fingerprint density at radius 1 is 1.12 bits per heavy atom. The van der Waals surface area contributed by atoms with Gasteiger partial charge in [-0.2, -0.15) is 0 Å². The van der Waals surface area contributed by atoms with Crippen LogP contribution >= 0.6 is 0 Å². The molecule has 1 saturated carbocycles. The molecule has 4 heterocycles. The van der Waals surface area contributed by atoms with Crippen molar-refractivity contribution in [1.82, 2.24) is 34.8 Å². The SMILES string of the molecule is C=CC(=O)N1CCN(c2ccc3ncnc(Nc4ccc(Oc5cc(F)c6c(c5)nnn6C)c(C)c4)c3n2)C[C@@H]1C1CC1. The molecule has 0 unspecified atom stereocenters. The molecule has 1 N–H and O–H groups in total. The molecule has 0 radical (unpaired) electrons. The number of aryl methyl sites for hydroxylation is 2. The second-order valence-electron chi connectivity index (χ2n) is 11.0. The summed E-state index contributed by atoms with van der Waals surface area (Å²) in [7, 11) is 1.64. The number of pyridine rings is 1. The van der Waals surface area contributed by atoms with Gasteiger partial charge in [0.2, 0.25) is 5.91 Å². The van der Waals surface area contributed by atoms with Gasteiger partial charge < -0.3 is 19.9 Å². The van der Waals surface area contributed by atoms with E-state index in [1.807, 2.05) is 42.2 Å². The average molecular weight is 580 g/mol. The van der Waals surface area contributed by atoms with Crippen LogP contribution < -0.4 is 15.0 Å². The highest BCUT2D eigenvalue weighted by Gasteiger charge is 2.40. The average Bonchev–Trinajstić information content (AvgIpc) is 3.79. The zero-order chi connectivity index (χ0) is 29.7. The van der Waals surface area contributed by atoms with Gasteiger partial charge in [0, 0.05) is 44.5 Å². The summed E-state index contributed by atoms with van der Waals surface area (Å²) in [5.41, 5.74) is 3.75. The predicted octanol–water partition coefficient (Wildman–Crippen LogP) is 4.90. The van der Waals surface area contributed by atoms with Gasteiger partial charge in [-0.1, -0.05) is 11.8 Å². The normalized spacial score (nSPS) is 17.0. The van der Waals surface area contributed by atoms with Crippen molar-refractivity contribution in [2.45, 2.75) is 25.8 Å². The maximum absolute atomic E-state index is 14.6. The second kappa shape index (κ2) is 10.6. The van der Waals surface area contributed by atoms with Gasteiger partial charge in [-0.15, -0.1) is 5.10 Å². The smallest absolute Gasteiger partial charge is 0.246 e. The van der Waals surface area contributed by atoms with Crippen LogP contribution in [0.4, 0.5) is 21.7 Å². The molecule has 1 saturated heterocycles. The number of amides is 1. The van der Waals surface area contributed by atoms with E-state index in [4.69, 9.17) is 9.72 Å². The van der Waals surface area contributed by atoms with Gasteiger partial charge in [-0.25, -0.2) is 24.0 Å². The Morgan fingerprint density at radius 3 is 2.77 bits per heavy atom. The van der Waals surface area contributed by atoms with E-state index in [1.165, 1.54) is 23.2 Å². The van der Waals surface area contributed by atoms with Crippen LogP contribution in [0.15, 0.2) is 61.4 Å². The van der Waals surface area contributed by atoms with Crippen LogP contribution in [-0.2, 0) is 11.8 Å². The third-order valence-electron chi connectivity index (χ3n) is 8.13. The van der Waals surface area contributed by atoms with Crippen molar-refractivity contribution >= 4 is 45.3 Å². The number of halogens is 1. The lowest BCUT2D eigenvalue weighted by atomic mass is 10.1. The first kappa shape index (κ1) is 26.7. The van der Waals surface area contributed by atoms with Crippen molar-refractivity contribution in [2.24, 2.45) is 13.0 Å². The largest absolute Gasteiger partial charge is 0.457 e. The number of hydrogen-bond acceptors (Lipinski definition) is 9. The Morgan fingerprint density at radius 2 is 1.98 bits per heavy atom. The van der Waals surface area contributed by atoms with E-state index in [0.29, 0.717) is 52.9 Å². The molecule has 2 aromatic carbocycles. The van der Waals surface area contributed by atoms with Gasteiger partial charge in [-0.3, -0.25) is 4.79 Å². The molecule has 2 aliphatic rings. The monoisotopic (exact) mass is 579 g/mol. The van der Waals surface area contributed by atoms with E-state index in [1.54, 1.807) is 13.1 Å². The lowest BCUT2D eigenvalue weighted by Crippen LogP contribution is -2.56. The van der Waals surface area contributed by atoms with Crippen molar-refractivity contribution in [1.29, 1.82) is 0 Å². The zero-order valence-electron chi connectivity index (χ0n) is 23.9. The Balaban J connectivity index is 1.12. The van der Waals surface area contributed by atoms with Crippen LogP contribution in [0.1, 0.15) is 18.4 Å². The number of nitrogens with one attached hydrogen (secondary N) is 1. The fourth-order valence-electron chi connectivity index (χ4n) is 5.77. The van der Waals surface area contributed by atoms with E-state index in [9.17, 15) is 9.18 Å². The van der Waals surface area contributed by atoms with Crippen LogP contribution in [-0.4, -0.2) is 66.4 Å². The van der Waals surface area contributed by atoms with Gasteiger partial charge in [-0.05, 0) is 67.7 Å². The van der Waals surface area contributed by atoms with Gasteiger partial charge in [0.15, 0.2) is 11.6 Å². The maximum Gasteiger partial charge on any atom is 0.246 e. The fourth-order valence-corrected chi connectivity index (χ4v) is 5.77. The van der Waals surface area contributed by atoms with E-state index in [0.717, 1.165) is 42.0 Å². The Kier molecular flexibility index (Phi) is 6.60. The Bertz CT molecular complexity index is 1890. The molecular formula is C31H30FN9O2. The summed E-state index contributed by atoms with van der Waals surface area (Å²) in [5, 5.41) is 11.3. The van der Waals surface area contributed by atoms with E-state index in [-0.39, 0.29) is 11.9 Å². The third-order valence-corrected chi connectivity index (χ3v) is 8.13. The summed E-state index contributed by atoms with van der Waals surface area (Å²) in [5.74, 6) is 2.40. The number of piperazine rings is 1. The van der Waals surface area contributed by atoms with Crippen LogP contribution in [0.25, 0.3) is 22.1 Å². The van der Waals surface area contributed by atoms with Crippen LogP contribution in [0, 0.1) is 18.7 Å². The van der Waals surface area contributed by atoms with Crippen molar-refractivity contribution in [2.75, 3.05) is 29.9 Å². The van der Waals surface area contributed by atoms with Gasteiger partial charge in [0.25, 0.3) is 0 Å². The van der Waals surface area contributed by atoms with Crippen molar-refractivity contribution in [3.8, 4) is 11.5 Å². The van der Waals surface area contributed by atoms with E-state index in [2.05, 4.69) is 37.1 Å². The molecule has 11 nitrogen and oxygen atoms in total. The number of anilines is 3. The van der Waals surface area contributed by atoms with E-state index >= 15 is 0 Å². The highest BCUT2D eigenvalue weighted by atomic mass is 19.1. The molecule has 0 spiro atoms. The van der Waals surface area contributed by atoms with Gasteiger partial charge >= 0.3 is 0 Å². The van der Waals surface area contributed by atoms with E-state index < -0.39 is 5.82 Å². The number of rotatable bonds is 7. The Labute approximate surface area is 247 Å². The van der Waals surface area contributed by atoms with Crippen molar-refractivity contribution in [3.05, 3.63) is 72.8 Å². The highest BCUT2D eigenvalue weighted by molar-refractivity contribution is 5.89. The topological polar surface area (TPSA) is 114 Å². The molecule has 2 fully saturated rings. The molecule has 7 rings (SSSR count). The quantitative estimate of drug-likeness (QED) is 0.269. The number of hydrogen-bond donors (Lipinski definition) is 1. The lowest BCUT2D eigenvalue weighted by molar-refractivity contribution is -0.129. The number of carbonyl (C=O) groups excluding carboxylic acids is 1. The first-order chi connectivity index (χ1) is 20.9. The molecule has 1 aliphatic heterocycles. The molecule has 218 valence electrons. The highest BCUT2D eigenvalue weighted by Crippen LogP contribution is 2.38. The molecule has 5 aromatic rings. The molecule has 43 heavy (non-hydrogen) atoms. The number of aromatic nitrogens is 6. The maximum atomic E-state index is 14.6. The number of ether oxygens (including phenoxy) is 1. The minimum absolute atomic E-state index is 0.00615.